The third kappa shape index (κ3) is 5.33. The molecule has 1 heterocycles. The molecule has 0 saturated carbocycles. The summed E-state index contributed by atoms with van der Waals surface area (Å²) in [6.45, 7) is 1.50. The first kappa shape index (κ1) is 21.1. The van der Waals surface area contributed by atoms with Gasteiger partial charge in [-0.25, -0.2) is 8.42 Å². The number of rotatable bonds is 6. The molecule has 0 spiro atoms. The number of hydrogen-bond acceptors (Lipinski definition) is 3. The van der Waals surface area contributed by atoms with Gasteiger partial charge in [0.2, 0.25) is 0 Å². The maximum atomic E-state index is 12.9. The third-order valence-corrected chi connectivity index (χ3v) is 7.10. The predicted molar refractivity (Wildman–Crippen MR) is 122 cm³/mol. The van der Waals surface area contributed by atoms with Crippen LogP contribution in [0.4, 0.5) is 5.69 Å². The summed E-state index contributed by atoms with van der Waals surface area (Å²) in [6.07, 6.45) is 3.05. The molecule has 5 nitrogen and oxygen atoms in total. The van der Waals surface area contributed by atoms with Gasteiger partial charge in [0, 0.05) is 24.3 Å². The smallest absolute Gasteiger partial charge is 0.261 e. The van der Waals surface area contributed by atoms with Gasteiger partial charge in [-0.3, -0.25) is 9.52 Å². The predicted octanol–water partition coefficient (Wildman–Crippen LogP) is 4.58. The summed E-state index contributed by atoms with van der Waals surface area (Å²) in [5, 5.41) is 0. The monoisotopic (exact) mass is 434 g/mol. The molecule has 160 valence electrons. The van der Waals surface area contributed by atoms with Gasteiger partial charge < -0.3 is 4.90 Å². The van der Waals surface area contributed by atoms with Crippen molar-refractivity contribution in [3.63, 3.8) is 0 Å². The van der Waals surface area contributed by atoms with Gasteiger partial charge in [0.25, 0.3) is 15.9 Å². The molecule has 1 amide bonds. The van der Waals surface area contributed by atoms with Gasteiger partial charge in [-0.15, -0.1) is 0 Å². The quantitative estimate of drug-likeness (QED) is 0.617. The van der Waals surface area contributed by atoms with E-state index in [9.17, 15) is 13.2 Å². The summed E-state index contributed by atoms with van der Waals surface area (Å²) < 4.78 is 27.4. The average Bonchev–Trinajstić information content (AvgIpc) is 2.81. The van der Waals surface area contributed by atoms with E-state index in [1.807, 2.05) is 11.0 Å². The molecule has 0 aromatic heterocycles. The van der Waals surface area contributed by atoms with Crippen molar-refractivity contribution in [2.45, 2.75) is 24.2 Å². The first-order valence-electron chi connectivity index (χ1n) is 10.5. The van der Waals surface area contributed by atoms with Gasteiger partial charge in [-0.05, 0) is 67.1 Å². The molecular weight excluding hydrogens is 408 g/mol. The fourth-order valence-corrected chi connectivity index (χ4v) is 5.04. The number of carbonyl (C=O) groups is 1. The third-order valence-electron chi connectivity index (χ3n) is 5.71. The van der Waals surface area contributed by atoms with E-state index in [2.05, 4.69) is 29.0 Å². The standard InChI is InChI=1S/C25H26N2O3S/c28-25(27-17-15-21(16-18-27)19-20-7-3-1-4-8-20)22-11-13-23(14-12-22)26-31(29,30)24-9-5-2-6-10-24/h1-14,21,26H,15-19H2. The molecule has 1 saturated heterocycles. The highest BCUT2D eigenvalue weighted by Crippen LogP contribution is 2.23. The van der Waals surface area contributed by atoms with Crippen molar-refractivity contribution in [2.24, 2.45) is 5.92 Å². The molecule has 0 aliphatic carbocycles. The van der Waals surface area contributed by atoms with Crippen molar-refractivity contribution in [1.82, 2.24) is 4.90 Å². The van der Waals surface area contributed by atoms with E-state index in [1.165, 1.54) is 5.56 Å². The van der Waals surface area contributed by atoms with Crippen LogP contribution in [0, 0.1) is 5.92 Å². The Morgan fingerprint density at radius 2 is 1.42 bits per heavy atom. The largest absolute Gasteiger partial charge is 0.339 e. The molecule has 31 heavy (non-hydrogen) atoms. The molecule has 1 N–H and O–H groups in total. The Kier molecular flexibility index (Phi) is 6.37. The lowest BCUT2D eigenvalue weighted by atomic mass is 9.90. The molecule has 0 radical (unpaired) electrons. The average molecular weight is 435 g/mol. The number of benzene rings is 3. The summed E-state index contributed by atoms with van der Waals surface area (Å²) in [5.74, 6) is 0.594. The fraction of sp³-hybridized carbons (Fsp3) is 0.240. The Balaban J connectivity index is 1.33. The highest BCUT2D eigenvalue weighted by molar-refractivity contribution is 7.92. The number of likely N-dealkylation sites (tertiary alicyclic amines) is 1. The fourth-order valence-electron chi connectivity index (χ4n) is 3.96. The minimum atomic E-state index is -3.64. The van der Waals surface area contributed by atoms with Crippen LogP contribution in [0.2, 0.25) is 0 Å². The Bertz CT molecular complexity index is 1110. The summed E-state index contributed by atoms with van der Waals surface area (Å²) in [6, 6.07) is 25.3. The van der Waals surface area contributed by atoms with Crippen LogP contribution in [-0.2, 0) is 16.4 Å². The molecule has 4 rings (SSSR count). The summed E-state index contributed by atoms with van der Waals surface area (Å²) in [7, 11) is -3.64. The number of nitrogens with one attached hydrogen (secondary N) is 1. The van der Waals surface area contributed by atoms with E-state index in [0.29, 0.717) is 17.2 Å². The van der Waals surface area contributed by atoms with Crippen LogP contribution in [-0.4, -0.2) is 32.3 Å². The minimum Gasteiger partial charge on any atom is -0.339 e. The van der Waals surface area contributed by atoms with Gasteiger partial charge in [0.05, 0.1) is 4.90 Å². The Labute approximate surface area is 183 Å². The van der Waals surface area contributed by atoms with Crippen molar-refractivity contribution in [3.8, 4) is 0 Å². The summed E-state index contributed by atoms with van der Waals surface area (Å²) in [4.78, 5) is 15.0. The number of nitrogens with zero attached hydrogens (tertiary/aromatic N) is 1. The van der Waals surface area contributed by atoms with Crippen LogP contribution in [0.15, 0.2) is 89.8 Å². The molecule has 0 bridgehead atoms. The number of sulfonamides is 1. The second kappa shape index (κ2) is 9.35. The first-order chi connectivity index (χ1) is 15.0. The van der Waals surface area contributed by atoms with Gasteiger partial charge in [0.1, 0.15) is 0 Å². The van der Waals surface area contributed by atoms with Gasteiger partial charge in [-0.1, -0.05) is 48.5 Å². The van der Waals surface area contributed by atoms with E-state index in [0.717, 1.165) is 32.4 Å². The van der Waals surface area contributed by atoms with Crippen LogP contribution in [0.25, 0.3) is 0 Å². The lowest BCUT2D eigenvalue weighted by molar-refractivity contribution is 0.0690. The number of amides is 1. The molecule has 3 aromatic carbocycles. The maximum absolute atomic E-state index is 12.9. The van der Waals surface area contributed by atoms with E-state index in [4.69, 9.17) is 0 Å². The number of piperidine rings is 1. The second-order valence-electron chi connectivity index (χ2n) is 7.92. The highest BCUT2D eigenvalue weighted by atomic mass is 32.2. The molecule has 6 heteroatoms. The molecule has 1 aliphatic rings. The Hall–Kier alpha value is -3.12. The first-order valence-corrected chi connectivity index (χ1v) is 12.0. The second-order valence-corrected chi connectivity index (χ2v) is 9.60. The van der Waals surface area contributed by atoms with E-state index >= 15 is 0 Å². The van der Waals surface area contributed by atoms with Crippen LogP contribution in [0.1, 0.15) is 28.8 Å². The van der Waals surface area contributed by atoms with E-state index < -0.39 is 10.0 Å². The van der Waals surface area contributed by atoms with Crippen LogP contribution in [0.3, 0.4) is 0 Å². The summed E-state index contributed by atoms with van der Waals surface area (Å²) in [5.41, 5.74) is 2.35. The molecule has 3 aromatic rings. The Morgan fingerprint density at radius 3 is 2.03 bits per heavy atom. The maximum Gasteiger partial charge on any atom is 0.261 e. The molecular formula is C25H26N2O3S. The number of carbonyl (C=O) groups excluding carboxylic acids is 1. The summed E-state index contributed by atoms with van der Waals surface area (Å²) >= 11 is 0. The van der Waals surface area contributed by atoms with Crippen molar-refractivity contribution >= 4 is 21.6 Å². The van der Waals surface area contributed by atoms with Crippen molar-refractivity contribution in [3.05, 3.63) is 96.1 Å². The van der Waals surface area contributed by atoms with E-state index in [1.54, 1.807) is 54.6 Å². The molecule has 1 aliphatic heterocycles. The van der Waals surface area contributed by atoms with Gasteiger partial charge >= 0.3 is 0 Å². The zero-order valence-electron chi connectivity index (χ0n) is 17.3. The lowest BCUT2D eigenvalue weighted by Gasteiger charge is -2.32. The van der Waals surface area contributed by atoms with Crippen LogP contribution in [0.5, 0.6) is 0 Å². The van der Waals surface area contributed by atoms with Crippen LogP contribution >= 0.6 is 0 Å². The number of hydrogen-bond donors (Lipinski definition) is 1. The molecule has 0 unspecified atom stereocenters. The van der Waals surface area contributed by atoms with Crippen LogP contribution < -0.4 is 4.72 Å². The highest BCUT2D eigenvalue weighted by Gasteiger charge is 2.24. The van der Waals surface area contributed by atoms with Crippen molar-refractivity contribution in [1.29, 1.82) is 0 Å². The van der Waals surface area contributed by atoms with Crippen molar-refractivity contribution < 1.29 is 13.2 Å². The Morgan fingerprint density at radius 1 is 0.839 bits per heavy atom. The lowest BCUT2D eigenvalue weighted by Crippen LogP contribution is -2.38. The normalized spacial score (nSPS) is 14.9. The SMILES string of the molecule is O=C(c1ccc(NS(=O)(=O)c2ccccc2)cc1)N1CCC(Cc2ccccc2)CC1. The number of anilines is 1. The van der Waals surface area contributed by atoms with Crippen molar-refractivity contribution in [2.75, 3.05) is 17.8 Å². The zero-order valence-corrected chi connectivity index (χ0v) is 18.1. The molecule has 0 atom stereocenters. The molecule has 1 fully saturated rings. The van der Waals surface area contributed by atoms with E-state index in [-0.39, 0.29) is 10.8 Å². The zero-order chi connectivity index (χ0) is 21.7. The van der Waals surface area contributed by atoms with Gasteiger partial charge in [-0.2, -0.15) is 0 Å². The minimum absolute atomic E-state index is 0.00405. The van der Waals surface area contributed by atoms with Gasteiger partial charge in [0.15, 0.2) is 0 Å². The topological polar surface area (TPSA) is 66.5 Å².